The van der Waals surface area contributed by atoms with Gasteiger partial charge in [-0.1, -0.05) is 78.4 Å². The van der Waals surface area contributed by atoms with E-state index < -0.39 is 24.3 Å². The largest absolute Gasteiger partial charge is 0.480 e. The van der Waals surface area contributed by atoms with Crippen molar-refractivity contribution in [2.45, 2.75) is 31.7 Å². The lowest BCUT2D eigenvalue weighted by atomic mass is 9.95. The van der Waals surface area contributed by atoms with E-state index >= 15 is 0 Å². The summed E-state index contributed by atoms with van der Waals surface area (Å²) in [5.41, 5.74) is 8.74. The summed E-state index contributed by atoms with van der Waals surface area (Å²) in [6, 6.07) is 18.9. The number of carbonyl (C=O) groups is 1. The standard InChI is InChI=1S/C28H24F3N3O3/c1-17-5-4-6-20(15-17)21-7-2-3-8-22(21)25(28(29,30)31)37-26-24(33-13-14-34-26)19-11-9-18(10-12-19)16-23(32)27(35)36/h2-15,23,25H,16,32H2,1H3,(H,35,36)/t23-,25-/m0/s1. The minimum atomic E-state index is -4.74. The fourth-order valence-corrected chi connectivity index (χ4v) is 3.97. The van der Waals surface area contributed by atoms with Gasteiger partial charge in [0.15, 0.2) is 0 Å². The first-order valence-corrected chi connectivity index (χ1v) is 11.4. The third kappa shape index (κ3) is 6.13. The van der Waals surface area contributed by atoms with Crippen molar-refractivity contribution in [2.75, 3.05) is 0 Å². The highest BCUT2D eigenvalue weighted by Crippen LogP contribution is 2.42. The number of halogens is 3. The monoisotopic (exact) mass is 507 g/mol. The van der Waals surface area contributed by atoms with Gasteiger partial charge in [0.1, 0.15) is 11.7 Å². The number of aryl methyl sites for hydroxylation is 1. The van der Waals surface area contributed by atoms with Crippen molar-refractivity contribution in [3.8, 4) is 28.3 Å². The Labute approximate surface area is 211 Å². The quantitative estimate of drug-likeness (QED) is 0.315. The normalized spacial score (nSPS) is 13.1. The maximum Gasteiger partial charge on any atom is 0.429 e. The van der Waals surface area contributed by atoms with E-state index in [1.165, 1.54) is 24.5 Å². The molecule has 3 N–H and O–H groups in total. The van der Waals surface area contributed by atoms with Crippen molar-refractivity contribution in [1.82, 2.24) is 9.97 Å². The van der Waals surface area contributed by atoms with E-state index in [0.29, 0.717) is 22.3 Å². The van der Waals surface area contributed by atoms with E-state index in [4.69, 9.17) is 15.6 Å². The number of aromatic nitrogens is 2. The number of hydrogen-bond acceptors (Lipinski definition) is 5. The summed E-state index contributed by atoms with van der Waals surface area (Å²) in [5, 5.41) is 9.01. The van der Waals surface area contributed by atoms with Gasteiger partial charge in [0, 0.05) is 23.5 Å². The lowest BCUT2D eigenvalue weighted by Crippen LogP contribution is -2.32. The second kappa shape index (κ2) is 10.8. The van der Waals surface area contributed by atoms with Gasteiger partial charge in [0.2, 0.25) is 12.0 Å². The van der Waals surface area contributed by atoms with Gasteiger partial charge in [-0.3, -0.25) is 4.79 Å². The van der Waals surface area contributed by atoms with E-state index in [0.717, 1.165) is 5.56 Å². The SMILES string of the molecule is Cc1cccc(-c2ccccc2[C@H](Oc2nccnc2-c2ccc(C[C@H](N)C(=O)O)cc2)C(F)(F)F)c1. The topological polar surface area (TPSA) is 98.3 Å². The maximum atomic E-state index is 14.4. The first kappa shape index (κ1) is 25.8. The number of carboxylic acids is 1. The second-order valence-corrected chi connectivity index (χ2v) is 8.55. The molecule has 1 aromatic heterocycles. The molecule has 3 aromatic carbocycles. The zero-order chi connectivity index (χ0) is 26.6. The van der Waals surface area contributed by atoms with Crippen molar-refractivity contribution >= 4 is 5.97 Å². The van der Waals surface area contributed by atoms with Gasteiger partial charge in [0.05, 0.1) is 0 Å². The van der Waals surface area contributed by atoms with Crippen LogP contribution in [-0.2, 0) is 11.2 Å². The van der Waals surface area contributed by atoms with Gasteiger partial charge in [0.25, 0.3) is 0 Å². The Bertz CT molecular complexity index is 1390. The average Bonchev–Trinajstić information content (AvgIpc) is 2.87. The third-order valence-electron chi connectivity index (χ3n) is 5.76. The van der Waals surface area contributed by atoms with Gasteiger partial charge in [-0.15, -0.1) is 0 Å². The molecular weight excluding hydrogens is 483 g/mol. The predicted molar refractivity (Wildman–Crippen MR) is 133 cm³/mol. The van der Waals surface area contributed by atoms with Crippen molar-refractivity contribution in [1.29, 1.82) is 0 Å². The number of benzene rings is 3. The van der Waals surface area contributed by atoms with Crippen LogP contribution in [0.1, 0.15) is 22.8 Å². The molecule has 4 aromatic rings. The Balaban J connectivity index is 1.71. The number of rotatable bonds is 8. The summed E-state index contributed by atoms with van der Waals surface area (Å²) in [4.78, 5) is 19.3. The second-order valence-electron chi connectivity index (χ2n) is 8.55. The zero-order valence-electron chi connectivity index (χ0n) is 19.8. The van der Waals surface area contributed by atoms with Crippen molar-refractivity contribution in [3.63, 3.8) is 0 Å². The molecule has 9 heteroatoms. The molecule has 6 nitrogen and oxygen atoms in total. The molecule has 2 atom stereocenters. The highest BCUT2D eigenvalue weighted by Gasteiger charge is 2.45. The number of nitrogens with two attached hydrogens (primary N) is 1. The molecule has 0 radical (unpaired) electrons. The molecule has 0 bridgehead atoms. The molecule has 0 aliphatic carbocycles. The molecule has 0 saturated carbocycles. The number of alkyl halides is 3. The van der Waals surface area contributed by atoms with Gasteiger partial charge in [-0.2, -0.15) is 13.2 Å². The Morgan fingerprint density at radius 3 is 2.35 bits per heavy atom. The summed E-state index contributed by atoms with van der Waals surface area (Å²) in [6.07, 6.45) is -4.32. The van der Waals surface area contributed by atoms with E-state index in [2.05, 4.69) is 9.97 Å². The van der Waals surface area contributed by atoms with E-state index in [1.807, 2.05) is 19.1 Å². The molecule has 190 valence electrons. The number of ether oxygens (including phenoxy) is 1. The summed E-state index contributed by atoms with van der Waals surface area (Å²) in [7, 11) is 0. The molecular formula is C28H24F3N3O3. The van der Waals surface area contributed by atoms with Crippen LogP contribution < -0.4 is 10.5 Å². The van der Waals surface area contributed by atoms with Crippen LogP contribution in [0.5, 0.6) is 5.88 Å². The Kier molecular flexibility index (Phi) is 7.54. The van der Waals surface area contributed by atoms with Crippen LogP contribution in [0, 0.1) is 6.92 Å². The van der Waals surface area contributed by atoms with Gasteiger partial charge < -0.3 is 15.6 Å². The number of carboxylic acid groups (broad SMARTS) is 1. The fourth-order valence-electron chi connectivity index (χ4n) is 3.97. The van der Waals surface area contributed by atoms with Crippen LogP contribution in [0.4, 0.5) is 13.2 Å². The lowest BCUT2D eigenvalue weighted by molar-refractivity contribution is -0.198. The molecule has 4 rings (SSSR count). The highest BCUT2D eigenvalue weighted by atomic mass is 19.4. The Morgan fingerprint density at radius 1 is 0.973 bits per heavy atom. The van der Waals surface area contributed by atoms with Crippen LogP contribution in [0.15, 0.2) is 85.2 Å². The molecule has 0 aliphatic rings. The third-order valence-corrected chi connectivity index (χ3v) is 5.76. The Hall–Kier alpha value is -4.24. The minimum Gasteiger partial charge on any atom is -0.480 e. The summed E-state index contributed by atoms with van der Waals surface area (Å²) >= 11 is 0. The number of nitrogens with zero attached hydrogens (tertiary/aromatic N) is 2. The first-order chi connectivity index (χ1) is 17.6. The van der Waals surface area contributed by atoms with E-state index in [-0.39, 0.29) is 23.6 Å². The average molecular weight is 508 g/mol. The minimum absolute atomic E-state index is 0.0461. The predicted octanol–water partition coefficient (Wildman–Crippen LogP) is 5.76. The molecule has 1 heterocycles. The summed E-state index contributed by atoms with van der Waals surface area (Å²) < 4.78 is 48.8. The zero-order valence-corrected chi connectivity index (χ0v) is 19.8. The molecule has 0 aliphatic heterocycles. The fraction of sp³-hybridized carbons (Fsp3) is 0.179. The number of hydrogen-bond donors (Lipinski definition) is 2. The van der Waals surface area contributed by atoms with Crippen LogP contribution >= 0.6 is 0 Å². The molecule has 37 heavy (non-hydrogen) atoms. The maximum absolute atomic E-state index is 14.4. The van der Waals surface area contributed by atoms with Gasteiger partial charge in [-0.25, -0.2) is 9.97 Å². The van der Waals surface area contributed by atoms with Gasteiger partial charge in [-0.05, 0) is 30.0 Å². The van der Waals surface area contributed by atoms with Crippen LogP contribution in [0.3, 0.4) is 0 Å². The van der Waals surface area contributed by atoms with Crippen LogP contribution in [-0.4, -0.2) is 33.3 Å². The molecule has 0 spiro atoms. The first-order valence-electron chi connectivity index (χ1n) is 11.4. The summed E-state index contributed by atoms with van der Waals surface area (Å²) in [5.74, 6) is -1.41. The summed E-state index contributed by atoms with van der Waals surface area (Å²) in [6.45, 7) is 1.87. The van der Waals surface area contributed by atoms with Crippen LogP contribution in [0.25, 0.3) is 22.4 Å². The molecule has 0 saturated heterocycles. The molecule has 0 fully saturated rings. The smallest absolute Gasteiger partial charge is 0.429 e. The van der Waals surface area contributed by atoms with Crippen LogP contribution in [0.2, 0.25) is 0 Å². The lowest BCUT2D eigenvalue weighted by Gasteiger charge is -2.24. The van der Waals surface area contributed by atoms with Crippen molar-refractivity contribution in [3.05, 3.63) is 102 Å². The highest BCUT2D eigenvalue weighted by molar-refractivity contribution is 5.73. The Morgan fingerprint density at radius 2 is 1.68 bits per heavy atom. The van der Waals surface area contributed by atoms with Crippen molar-refractivity contribution < 1.29 is 27.8 Å². The molecule has 0 unspecified atom stereocenters. The van der Waals surface area contributed by atoms with Crippen molar-refractivity contribution in [2.24, 2.45) is 5.73 Å². The molecule has 0 amide bonds. The van der Waals surface area contributed by atoms with E-state index in [1.54, 1.807) is 48.5 Å². The number of aliphatic carboxylic acids is 1. The van der Waals surface area contributed by atoms with Gasteiger partial charge >= 0.3 is 12.1 Å². The van der Waals surface area contributed by atoms with E-state index in [9.17, 15) is 18.0 Å².